The van der Waals surface area contributed by atoms with E-state index in [0.717, 1.165) is 48.9 Å². The number of anilines is 1. The number of sulfonamides is 1. The Morgan fingerprint density at radius 2 is 1.64 bits per heavy atom. The lowest BCUT2D eigenvalue weighted by Crippen LogP contribution is -2.56. The normalized spacial score (nSPS) is 18.8. The second kappa shape index (κ2) is 11.8. The maximum atomic E-state index is 13.7. The molecular weight excluding hydrogens is 536 g/mol. The first-order valence-corrected chi connectivity index (χ1v) is 16.1. The van der Waals surface area contributed by atoms with Gasteiger partial charge in [0.2, 0.25) is 15.9 Å². The smallest absolute Gasteiger partial charge is 0.318 e. The van der Waals surface area contributed by atoms with Crippen LogP contribution in [0.1, 0.15) is 49.1 Å². The van der Waals surface area contributed by atoms with Gasteiger partial charge in [-0.05, 0) is 73.3 Å². The van der Waals surface area contributed by atoms with Crippen molar-refractivity contribution in [1.29, 1.82) is 0 Å². The Labute approximate surface area is 236 Å². The molecule has 0 radical (unpaired) electrons. The molecule has 2 aromatic carbocycles. The highest BCUT2D eigenvalue weighted by molar-refractivity contribution is 7.92. The SMILES string of the molecule is CS(=O)(=O)N(CC1CC1)c1ccccc1C1CCN(C(=O)[C@@H](Cc2ccc(Cl)cc2)NC(=O)N2CCC2)CC1. The third-order valence-corrected chi connectivity index (χ3v) is 9.46. The minimum absolute atomic E-state index is 0.0861. The summed E-state index contributed by atoms with van der Waals surface area (Å²) in [6.45, 7) is 3.05. The number of nitrogens with zero attached hydrogens (tertiary/aromatic N) is 3. The first kappa shape index (κ1) is 27.8. The molecule has 1 atom stereocenters. The van der Waals surface area contributed by atoms with E-state index in [4.69, 9.17) is 11.6 Å². The zero-order chi connectivity index (χ0) is 27.6. The molecule has 3 fully saturated rings. The van der Waals surface area contributed by atoms with Crippen LogP contribution in [0, 0.1) is 5.92 Å². The van der Waals surface area contributed by atoms with Gasteiger partial charge < -0.3 is 15.1 Å². The molecule has 2 heterocycles. The standard InChI is InChI=1S/C29H37ClN4O4S/c1-39(37,38)34(20-22-7-8-22)27-6-3-2-5-25(27)23-13-17-32(18-14-23)28(35)26(31-29(36)33-15-4-16-33)19-21-9-11-24(30)12-10-21/h2-3,5-6,9-12,22-23,26H,4,7-8,13-20H2,1H3,(H,31,36)/t26-/m1/s1. The molecule has 2 saturated heterocycles. The monoisotopic (exact) mass is 572 g/mol. The summed E-state index contributed by atoms with van der Waals surface area (Å²) in [6.07, 6.45) is 6.26. The van der Waals surface area contributed by atoms with Crippen LogP contribution < -0.4 is 9.62 Å². The van der Waals surface area contributed by atoms with Crippen LogP contribution in [0.2, 0.25) is 5.02 Å². The summed E-state index contributed by atoms with van der Waals surface area (Å²) in [6, 6.07) is 14.3. The molecule has 1 N–H and O–H groups in total. The number of para-hydroxylation sites is 1. The maximum absolute atomic E-state index is 13.7. The highest BCUT2D eigenvalue weighted by atomic mass is 35.5. The van der Waals surface area contributed by atoms with Gasteiger partial charge in [-0.3, -0.25) is 9.10 Å². The summed E-state index contributed by atoms with van der Waals surface area (Å²) in [5.41, 5.74) is 2.72. The van der Waals surface area contributed by atoms with Crippen molar-refractivity contribution in [3.63, 3.8) is 0 Å². The third kappa shape index (κ3) is 6.87. The van der Waals surface area contributed by atoms with Gasteiger partial charge >= 0.3 is 6.03 Å². The van der Waals surface area contributed by atoms with Crippen LogP contribution in [0.4, 0.5) is 10.5 Å². The topological polar surface area (TPSA) is 90.0 Å². The number of hydrogen-bond donors (Lipinski definition) is 1. The molecule has 39 heavy (non-hydrogen) atoms. The van der Waals surface area contributed by atoms with Gasteiger partial charge in [0, 0.05) is 44.2 Å². The van der Waals surface area contributed by atoms with Gasteiger partial charge in [0.05, 0.1) is 11.9 Å². The molecular formula is C29H37ClN4O4S. The van der Waals surface area contributed by atoms with Crippen molar-refractivity contribution in [1.82, 2.24) is 15.1 Å². The molecule has 210 valence electrons. The van der Waals surface area contributed by atoms with Crippen molar-refractivity contribution in [3.8, 4) is 0 Å². The van der Waals surface area contributed by atoms with E-state index in [-0.39, 0.29) is 17.9 Å². The summed E-state index contributed by atoms with van der Waals surface area (Å²) in [5.74, 6) is 0.493. The minimum atomic E-state index is -3.40. The van der Waals surface area contributed by atoms with E-state index >= 15 is 0 Å². The van der Waals surface area contributed by atoms with E-state index in [1.54, 1.807) is 21.3 Å². The quantitative estimate of drug-likeness (QED) is 0.486. The Balaban J connectivity index is 1.28. The fraction of sp³-hybridized carbons (Fsp3) is 0.517. The molecule has 2 aliphatic heterocycles. The average Bonchev–Trinajstić information content (AvgIpc) is 3.71. The first-order chi connectivity index (χ1) is 18.7. The third-order valence-electron chi connectivity index (χ3n) is 8.07. The van der Waals surface area contributed by atoms with Crippen molar-refractivity contribution < 1.29 is 18.0 Å². The highest BCUT2D eigenvalue weighted by Crippen LogP contribution is 2.38. The van der Waals surface area contributed by atoms with Gasteiger partial charge in [-0.2, -0.15) is 0 Å². The zero-order valence-corrected chi connectivity index (χ0v) is 24.0. The Hall–Kier alpha value is -2.78. The van der Waals surface area contributed by atoms with Crippen LogP contribution >= 0.6 is 11.6 Å². The zero-order valence-electron chi connectivity index (χ0n) is 22.4. The van der Waals surface area contributed by atoms with Crippen LogP contribution in [0.5, 0.6) is 0 Å². The number of hydrogen-bond acceptors (Lipinski definition) is 4. The summed E-state index contributed by atoms with van der Waals surface area (Å²) in [4.78, 5) is 30.0. The predicted octanol–water partition coefficient (Wildman–Crippen LogP) is 4.25. The Kier molecular flexibility index (Phi) is 8.38. The van der Waals surface area contributed by atoms with Crippen LogP contribution in [0.15, 0.2) is 48.5 Å². The Morgan fingerprint density at radius 1 is 0.974 bits per heavy atom. The van der Waals surface area contributed by atoms with Crippen molar-refractivity contribution in [2.75, 3.05) is 43.3 Å². The number of likely N-dealkylation sites (tertiary alicyclic amines) is 2. The summed E-state index contributed by atoms with van der Waals surface area (Å²) < 4.78 is 27.0. The summed E-state index contributed by atoms with van der Waals surface area (Å²) >= 11 is 6.04. The number of rotatable bonds is 9. The van der Waals surface area contributed by atoms with Gasteiger partial charge in [-0.15, -0.1) is 0 Å². The number of urea groups is 1. The Morgan fingerprint density at radius 3 is 2.23 bits per heavy atom. The second-order valence-corrected chi connectivity index (χ2v) is 13.4. The molecule has 5 rings (SSSR count). The molecule has 1 saturated carbocycles. The largest absolute Gasteiger partial charge is 0.341 e. The van der Waals surface area contributed by atoms with Gasteiger partial charge in [0.15, 0.2) is 0 Å². The van der Waals surface area contributed by atoms with Crippen LogP contribution in [0.25, 0.3) is 0 Å². The summed E-state index contributed by atoms with van der Waals surface area (Å²) in [7, 11) is -3.40. The maximum Gasteiger partial charge on any atom is 0.318 e. The number of halogens is 1. The Bertz CT molecular complexity index is 1290. The number of carbonyl (C=O) groups is 2. The van der Waals surface area contributed by atoms with Crippen molar-refractivity contribution in [2.45, 2.75) is 50.5 Å². The fourth-order valence-electron chi connectivity index (χ4n) is 5.45. The number of amides is 3. The number of piperidine rings is 1. The molecule has 0 aromatic heterocycles. The number of benzene rings is 2. The lowest BCUT2D eigenvalue weighted by molar-refractivity contribution is -0.134. The lowest BCUT2D eigenvalue weighted by Gasteiger charge is -2.37. The van der Waals surface area contributed by atoms with Crippen LogP contribution in [-0.2, 0) is 21.2 Å². The van der Waals surface area contributed by atoms with Crippen LogP contribution in [-0.4, -0.2) is 75.2 Å². The number of carbonyl (C=O) groups excluding carboxylic acids is 2. The van der Waals surface area contributed by atoms with Gasteiger partial charge in [0.1, 0.15) is 6.04 Å². The van der Waals surface area contributed by atoms with Gasteiger partial charge in [0.25, 0.3) is 0 Å². The molecule has 10 heteroatoms. The molecule has 0 unspecified atom stereocenters. The van der Waals surface area contributed by atoms with E-state index in [2.05, 4.69) is 5.32 Å². The first-order valence-electron chi connectivity index (χ1n) is 13.8. The van der Waals surface area contributed by atoms with E-state index < -0.39 is 16.1 Å². The molecule has 3 amide bonds. The van der Waals surface area contributed by atoms with Crippen LogP contribution in [0.3, 0.4) is 0 Å². The molecule has 2 aromatic rings. The fourth-order valence-corrected chi connectivity index (χ4v) is 6.59. The van der Waals surface area contributed by atoms with E-state index in [0.29, 0.717) is 50.1 Å². The lowest BCUT2D eigenvalue weighted by atomic mass is 9.88. The molecule has 0 spiro atoms. The van der Waals surface area contributed by atoms with Gasteiger partial charge in [-0.1, -0.05) is 41.9 Å². The minimum Gasteiger partial charge on any atom is -0.341 e. The van der Waals surface area contributed by atoms with E-state index in [1.165, 1.54) is 6.26 Å². The molecule has 0 bridgehead atoms. The second-order valence-electron chi connectivity index (χ2n) is 11.1. The van der Waals surface area contributed by atoms with Crippen molar-refractivity contribution in [3.05, 3.63) is 64.7 Å². The molecule has 3 aliphatic rings. The highest BCUT2D eigenvalue weighted by Gasteiger charge is 2.34. The van der Waals surface area contributed by atoms with E-state index in [1.807, 2.05) is 41.3 Å². The van der Waals surface area contributed by atoms with Gasteiger partial charge in [-0.25, -0.2) is 13.2 Å². The summed E-state index contributed by atoms with van der Waals surface area (Å²) in [5, 5.41) is 3.60. The molecule has 8 nitrogen and oxygen atoms in total. The number of nitrogens with one attached hydrogen (secondary N) is 1. The predicted molar refractivity (Wildman–Crippen MR) is 154 cm³/mol. The molecule has 1 aliphatic carbocycles. The van der Waals surface area contributed by atoms with Crippen molar-refractivity contribution in [2.24, 2.45) is 5.92 Å². The average molecular weight is 573 g/mol. The van der Waals surface area contributed by atoms with Crippen molar-refractivity contribution >= 4 is 39.2 Å². The van der Waals surface area contributed by atoms with E-state index in [9.17, 15) is 18.0 Å².